The van der Waals surface area contributed by atoms with Crippen molar-refractivity contribution in [2.24, 2.45) is 5.92 Å². The zero-order chi connectivity index (χ0) is 12.7. The van der Waals surface area contributed by atoms with Crippen molar-refractivity contribution in [1.29, 1.82) is 0 Å². The normalized spacial score (nSPS) is 10.9. The maximum Gasteiger partial charge on any atom is 0.250 e. The molecule has 0 aliphatic heterocycles. The molecule has 96 valence electrons. The Morgan fingerprint density at radius 1 is 1.41 bits per heavy atom. The molecule has 0 spiro atoms. The maximum absolute atomic E-state index is 13.5. The summed E-state index contributed by atoms with van der Waals surface area (Å²) in [5.41, 5.74) is 0.179. The molecule has 1 aromatic rings. The molecule has 0 aliphatic rings. The molecule has 17 heavy (non-hydrogen) atoms. The number of rotatable bonds is 7. The van der Waals surface area contributed by atoms with E-state index in [2.05, 4.69) is 4.98 Å². The highest BCUT2D eigenvalue weighted by Crippen LogP contribution is 2.16. The number of aromatic nitrogens is 1. The Labute approximate surface area is 100 Å². The van der Waals surface area contributed by atoms with Crippen molar-refractivity contribution >= 4 is 0 Å². The second-order valence-corrected chi connectivity index (χ2v) is 4.06. The van der Waals surface area contributed by atoms with Crippen molar-refractivity contribution in [3.8, 4) is 5.88 Å². The summed E-state index contributed by atoms with van der Waals surface area (Å²) in [6.07, 6.45) is 1.40. The minimum absolute atomic E-state index is 0.0929. The summed E-state index contributed by atoms with van der Waals surface area (Å²) in [5.74, 6) is -0.244. The van der Waals surface area contributed by atoms with Gasteiger partial charge < -0.3 is 14.6 Å². The number of ether oxygens (including phenoxy) is 2. The van der Waals surface area contributed by atoms with Crippen molar-refractivity contribution in [1.82, 2.24) is 4.98 Å². The molecule has 1 N–H and O–H groups in total. The van der Waals surface area contributed by atoms with Crippen molar-refractivity contribution in [3.05, 3.63) is 23.6 Å². The topological polar surface area (TPSA) is 51.6 Å². The van der Waals surface area contributed by atoms with E-state index in [1.54, 1.807) is 0 Å². The van der Waals surface area contributed by atoms with Gasteiger partial charge in [0.15, 0.2) is 5.82 Å². The van der Waals surface area contributed by atoms with Crippen LogP contribution in [0.15, 0.2) is 12.3 Å². The van der Waals surface area contributed by atoms with Crippen molar-refractivity contribution in [3.63, 3.8) is 0 Å². The van der Waals surface area contributed by atoms with Crippen LogP contribution in [-0.4, -0.2) is 29.9 Å². The van der Waals surface area contributed by atoms with Gasteiger partial charge in [0.25, 0.3) is 5.88 Å². The van der Waals surface area contributed by atoms with E-state index < -0.39 is 5.82 Å². The molecule has 5 heteroatoms. The van der Waals surface area contributed by atoms with Gasteiger partial charge in [-0.15, -0.1) is 0 Å². The lowest BCUT2D eigenvalue weighted by molar-refractivity contribution is 0.0792. The molecule has 0 unspecified atom stereocenters. The molecule has 0 fully saturated rings. The van der Waals surface area contributed by atoms with Gasteiger partial charge in [-0.3, -0.25) is 0 Å². The number of nitrogens with zero attached hydrogens (tertiary/aromatic N) is 1. The molecular formula is C12H18FNO3. The Bertz CT molecular complexity index is 345. The summed E-state index contributed by atoms with van der Waals surface area (Å²) in [5, 5.41) is 8.87. The highest BCUT2D eigenvalue weighted by Gasteiger charge is 2.09. The van der Waals surface area contributed by atoms with E-state index in [0.29, 0.717) is 19.1 Å². The Hall–Kier alpha value is -1.20. The lowest BCUT2D eigenvalue weighted by Crippen LogP contribution is -2.11. The number of halogens is 1. The van der Waals surface area contributed by atoms with Crippen LogP contribution in [0.2, 0.25) is 0 Å². The van der Waals surface area contributed by atoms with Crippen molar-refractivity contribution in [2.45, 2.75) is 20.5 Å². The predicted octanol–water partition coefficient (Wildman–Crippen LogP) is 1.76. The lowest BCUT2D eigenvalue weighted by atomic mass is 10.2. The molecule has 1 heterocycles. The lowest BCUT2D eigenvalue weighted by Gasteiger charge is -2.09. The second-order valence-electron chi connectivity index (χ2n) is 4.06. The monoisotopic (exact) mass is 243 g/mol. The van der Waals surface area contributed by atoms with Gasteiger partial charge in [-0.05, 0) is 12.0 Å². The van der Waals surface area contributed by atoms with Gasteiger partial charge in [0.2, 0.25) is 0 Å². The molecule has 0 aliphatic carbocycles. The summed E-state index contributed by atoms with van der Waals surface area (Å²) in [7, 11) is 0. The number of hydrogen-bond acceptors (Lipinski definition) is 4. The van der Waals surface area contributed by atoms with E-state index >= 15 is 0 Å². The standard InChI is InChI=1S/C12H18FNO3/c1-9(2)8-16-5-6-17-12-11(13)10(7-15)3-4-14-12/h3-4,9,15H,5-8H2,1-2H3. The Morgan fingerprint density at radius 3 is 2.82 bits per heavy atom. The zero-order valence-electron chi connectivity index (χ0n) is 10.1. The first-order valence-corrected chi connectivity index (χ1v) is 5.60. The highest BCUT2D eigenvalue weighted by molar-refractivity contribution is 5.22. The van der Waals surface area contributed by atoms with E-state index in [1.807, 2.05) is 13.8 Å². The first-order valence-electron chi connectivity index (χ1n) is 5.60. The SMILES string of the molecule is CC(C)COCCOc1nccc(CO)c1F. The van der Waals surface area contributed by atoms with Crippen LogP contribution in [0, 0.1) is 11.7 Å². The minimum Gasteiger partial charge on any atom is -0.473 e. The molecule has 1 aromatic heterocycles. The molecule has 4 nitrogen and oxygen atoms in total. The Morgan fingerprint density at radius 2 is 2.18 bits per heavy atom. The molecule has 0 radical (unpaired) electrons. The first kappa shape index (κ1) is 13.9. The van der Waals surface area contributed by atoms with Gasteiger partial charge in [0.1, 0.15) is 6.61 Å². The average molecular weight is 243 g/mol. The minimum atomic E-state index is -0.612. The average Bonchev–Trinajstić information content (AvgIpc) is 2.30. The summed E-state index contributed by atoms with van der Waals surface area (Å²) in [6.45, 7) is 5.01. The Kier molecular flexibility index (Phi) is 5.86. The van der Waals surface area contributed by atoms with E-state index in [1.165, 1.54) is 12.3 Å². The first-order chi connectivity index (χ1) is 8.15. The molecule has 0 bridgehead atoms. The fourth-order valence-electron chi connectivity index (χ4n) is 1.20. The molecule has 0 saturated heterocycles. The van der Waals surface area contributed by atoms with Crippen LogP contribution in [0.3, 0.4) is 0 Å². The molecule has 0 saturated carbocycles. The van der Waals surface area contributed by atoms with Gasteiger partial charge in [-0.25, -0.2) is 9.37 Å². The smallest absolute Gasteiger partial charge is 0.250 e. The fourth-order valence-corrected chi connectivity index (χ4v) is 1.20. The molecule has 1 rings (SSSR count). The van der Waals surface area contributed by atoms with Crippen molar-refractivity contribution < 1.29 is 19.0 Å². The third-order valence-corrected chi connectivity index (χ3v) is 2.03. The predicted molar refractivity (Wildman–Crippen MR) is 61.3 cm³/mol. The van der Waals surface area contributed by atoms with Gasteiger partial charge in [-0.1, -0.05) is 13.8 Å². The molecular weight excluding hydrogens is 225 g/mol. The van der Waals surface area contributed by atoms with Crippen LogP contribution in [0.5, 0.6) is 5.88 Å². The van der Waals surface area contributed by atoms with Crippen LogP contribution in [-0.2, 0) is 11.3 Å². The fraction of sp³-hybridized carbons (Fsp3) is 0.583. The van der Waals surface area contributed by atoms with E-state index in [9.17, 15) is 4.39 Å². The van der Waals surface area contributed by atoms with E-state index in [-0.39, 0.29) is 24.7 Å². The summed E-state index contributed by atoms with van der Waals surface area (Å²) in [4.78, 5) is 3.76. The number of pyridine rings is 1. The third-order valence-electron chi connectivity index (χ3n) is 2.03. The van der Waals surface area contributed by atoms with E-state index in [4.69, 9.17) is 14.6 Å². The van der Waals surface area contributed by atoms with Gasteiger partial charge in [0.05, 0.1) is 13.2 Å². The highest BCUT2D eigenvalue weighted by atomic mass is 19.1. The van der Waals surface area contributed by atoms with Crippen LogP contribution < -0.4 is 4.74 Å². The number of aliphatic hydroxyl groups is 1. The number of aliphatic hydroxyl groups excluding tert-OH is 1. The molecule has 0 atom stereocenters. The Balaban J connectivity index is 2.36. The van der Waals surface area contributed by atoms with E-state index in [0.717, 1.165) is 0 Å². The van der Waals surface area contributed by atoms with Gasteiger partial charge >= 0.3 is 0 Å². The second kappa shape index (κ2) is 7.19. The van der Waals surface area contributed by atoms with Crippen LogP contribution in [0.4, 0.5) is 4.39 Å². The summed E-state index contributed by atoms with van der Waals surface area (Å²) in [6, 6.07) is 1.41. The number of hydrogen-bond donors (Lipinski definition) is 1. The summed E-state index contributed by atoms with van der Waals surface area (Å²) >= 11 is 0. The molecule has 0 amide bonds. The maximum atomic E-state index is 13.5. The van der Waals surface area contributed by atoms with Gasteiger partial charge in [0, 0.05) is 18.4 Å². The van der Waals surface area contributed by atoms with Crippen LogP contribution >= 0.6 is 0 Å². The van der Waals surface area contributed by atoms with Gasteiger partial charge in [-0.2, -0.15) is 0 Å². The quantitative estimate of drug-likeness (QED) is 0.741. The summed E-state index contributed by atoms with van der Waals surface area (Å²) < 4.78 is 23.9. The zero-order valence-corrected chi connectivity index (χ0v) is 10.1. The molecule has 0 aromatic carbocycles. The largest absolute Gasteiger partial charge is 0.473 e. The van der Waals surface area contributed by atoms with Crippen molar-refractivity contribution in [2.75, 3.05) is 19.8 Å². The van der Waals surface area contributed by atoms with Crippen LogP contribution in [0.1, 0.15) is 19.4 Å². The van der Waals surface area contributed by atoms with Crippen LogP contribution in [0.25, 0.3) is 0 Å². The third kappa shape index (κ3) is 4.66.